The first kappa shape index (κ1) is 7.06. The highest BCUT2D eigenvalue weighted by Gasteiger charge is 2.19. The van der Waals surface area contributed by atoms with E-state index in [2.05, 4.69) is 4.98 Å². The Morgan fingerprint density at radius 3 is 3.09 bits per heavy atom. The Balaban J connectivity index is 2.21. The van der Waals surface area contributed by atoms with Gasteiger partial charge < -0.3 is 14.1 Å². The van der Waals surface area contributed by atoms with Crippen LogP contribution in [0.3, 0.4) is 0 Å². The van der Waals surface area contributed by atoms with Crippen molar-refractivity contribution in [3.05, 3.63) is 16.8 Å². The van der Waals surface area contributed by atoms with E-state index in [9.17, 15) is 0 Å². The zero-order valence-electron chi connectivity index (χ0n) is 6.00. The number of ether oxygens (including phenoxy) is 1. The SMILES string of the molecule is S=c1[nH]c(C2CCOC2)co1. The fourth-order valence-corrected chi connectivity index (χ4v) is 1.44. The largest absolute Gasteiger partial charge is 0.438 e. The van der Waals surface area contributed by atoms with Gasteiger partial charge in [-0.25, -0.2) is 0 Å². The standard InChI is InChI=1S/C7H9NO2S/c11-7-8-6(4-10-7)5-1-2-9-3-5/h4-5H,1-3H2,(H,8,11). The Morgan fingerprint density at radius 1 is 1.64 bits per heavy atom. The van der Waals surface area contributed by atoms with E-state index >= 15 is 0 Å². The van der Waals surface area contributed by atoms with Gasteiger partial charge in [-0.3, -0.25) is 0 Å². The van der Waals surface area contributed by atoms with Crippen LogP contribution in [0.4, 0.5) is 0 Å². The molecule has 0 bridgehead atoms. The molecule has 0 amide bonds. The van der Waals surface area contributed by atoms with Crippen LogP contribution in [0, 0.1) is 4.84 Å². The van der Waals surface area contributed by atoms with Gasteiger partial charge in [-0.05, 0) is 18.6 Å². The number of hydrogen-bond donors (Lipinski definition) is 1. The molecule has 0 spiro atoms. The van der Waals surface area contributed by atoms with Gasteiger partial charge in [0.1, 0.15) is 6.26 Å². The molecule has 1 aliphatic heterocycles. The monoisotopic (exact) mass is 171 g/mol. The summed E-state index contributed by atoms with van der Waals surface area (Å²) in [4.78, 5) is 3.44. The van der Waals surface area contributed by atoms with Gasteiger partial charge in [0.15, 0.2) is 0 Å². The van der Waals surface area contributed by atoms with Gasteiger partial charge in [0.05, 0.1) is 12.3 Å². The lowest BCUT2D eigenvalue weighted by molar-refractivity contribution is 0.193. The molecule has 1 aromatic heterocycles. The normalized spacial score (nSPS) is 24.2. The number of nitrogens with one attached hydrogen (secondary N) is 1. The van der Waals surface area contributed by atoms with Crippen LogP contribution < -0.4 is 0 Å². The molecule has 0 aliphatic carbocycles. The molecule has 0 radical (unpaired) electrons. The Bertz CT molecular complexity index is 285. The van der Waals surface area contributed by atoms with Crippen LogP contribution in [0.15, 0.2) is 10.7 Å². The third-order valence-corrected chi connectivity index (χ3v) is 2.11. The van der Waals surface area contributed by atoms with Gasteiger partial charge >= 0.3 is 0 Å². The molecule has 11 heavy (non-hydrogen) atoms. The van der Waals surface area contributed by atoms with E-state index in [4.69, 9.17) is 21.4 Å². The number of aromatic amines is 1. The summed E-state index contributed by atoms with van der Waals surface area (Å²) in [5.74, 6) is 0.454. The predicted molar refractivity (Wildman–Crippen MR) is 42.1 cm³/mol. The average Bonchev–Trinajstić information content (AvgIpc) is 2.55. The van der Waals surface area contributed by atoms with Crippen molar-refractivity contribution in [2.75, 3.05) is 13.2 Å². The van der Waals surface area contributed by atoms with E-state index in [0.717, 1.165) is 25.3 Å². The van der Waals surface area contributed by atoms with Gasteiger partial charge in [-0.15, -0.1) is 0 Å². The molecule has 1 atom stereocenters. The van der Waals surface area contributed by atoms with Gasteiger partial charge in [0.25, 0.3) is 4.84 Å². The van der Waals surface area contributed by atoms with Crippen LogP contribution in [-0.4, -0.2) is 18.2 Å². The van der Waals surface area contributed by atoms with Crippen LogP contribution >= 0.6 is 12.2 Å². The molecule has 1 N–H and O–H groups in total. The molecule has 0 aromatic carbocycles. The lowest BCUT2D eigenvalue weighted by Gasteiger charge is -2.00. The second kappa shape index (κ2) is 2.79. The lowest BCUT2D eigenvalue weighted by Crippen LogP contribution is -1.96. The van der Waals surface area contributed by atoms with Crippen LogP contribution in [0.5, 0.6) is 0 Å². The second-order valence-corrected chi connectivity index (χ2v) is 3.03. The third-order valence-electron chi connectivity index (χ3n) is 1.91. The highest BCUT2D eigenvalue weighted by atomic mass is 32.1. The Labute approximate surface area is 69.4 Å². The zero-order chi connectivity index (χ0) is 7.68. The van der Waals surface area contributed by atoms with Crippen molar-refractivity contribution >= 4 is 12.2 Å². The maximum atomic E-state index is 5.23. The molecular formula is C7H9NO2S. The Morgan fingerprint density at radius 2 is 2.55 bits per heavy atom. The summed E-state index contributed by atoms with van der Waals surface area (Å²) >= 11 is 4.81. The maximum absolute atomic E-state index is 5.23. The minimum absolute atomic E-state index is 0.451. The highest BCUT2D eigenvalue weighted by molar-refractivity contribution is 7.71. The van der Waals surface area contributed by atoms with E-state index in [-0.39, 0.29) is 0 Å². The van der Waals surface area contributed by atoms with Crippen LogP contribution in [0.2, 0.25) is 0 Å². The number of hydrogen-bond acceptors (Lipinski definition) is 3. The third kappa shape index (κ3) is 1.36. The minimum atomic E-state index is 0.451. The van der Waals surface area contributed by atoms with Crippen molar-refractivity contribution < 1.29 is 9.15 Å². The molecule has 1 fully saturated rings. The fraction of sp³-hybridized carbons (Fsp3) is 0.571. The van der Waals surface area contributed by atoms with Gasteiger partial charge in [0.2, 0.25) is 0 Å². The first-order valence-corrected chi connectivity index (χ1v) is 4.02. The topological polar surface area (TPSA) is 38.2 Å². The molecule has 2 rings (SSSR count). The molecule has 0 saturated carbocycles. The molecule has 3 nitrogen and oxygen atoms in total. The molecule has 1 saturated heterocycles. The lowest BCUT2D eigenvalue weighted by atomic mass is 10.1. The van der Waals surface area contributed by atoms with Crippen molar-refractivity contribution in [2.45, 2.75) is 12.3 Å². The summed E-state index contributed by atoms with van der Waals surface area (Å²) in [5, 5.41) is 0. The van der Waals surface area contributed by atoms with E-state index in [1.54, 1.807) is 6.26 Å². The molecule has 1 unspecified atom stereocenters. The van der Waals surface area contributed by atoms with Crippen molar-refractivity contribution in [1.82, 2.24) is 4.98 Å². The summed E-state index contributed by atoms with van der Waals surface area (Å²) < 4.78 is 10.2. The molecule has 1 aromatic rings. The van der Waals surface area contributed by atoms with Gasteiger partial charge in [0, 0.05) is 12.5 Å². The van der Waals surface area contributed by atoms with E-state index in [1.165, 1.54) is 0 Å². The summed E-state index contributed by atoms with van der Waals surface area (Å²) in [7, 11) is 0. The van der Waals surface area contributed by atoms with Crippen molar-refractivity contribution in [2.24, 2.45) is 0 Å². The van der Waals surface area contributed by atoms with Gasteiger partial charge in [-0.1, -0.05) is 0 Å². The maximum Gasteiger partial charge on any atom is 0.266 e. The van der Waals surface area contributed by atoms with Gasteiger partial charge in [-0.2, -0.15) is 0 Å². The van der Waals surface area contributed by atoms with Crippen LogP contribution in [0.1, 0.15) is 18.0 Å². The molecule has 4 heteroatoms. The van der Waals surface area contributed by atoms with Crippen LogP contribution in [-0.2, 0) is 4.74 Å². The van der Waals surface area contributed by atoms with Crippen molar-refractivity contribution in [3.63, 3.8) is 0 Å². The molecule has 60 valence electrons. The molecule has 2 heterocycles. The summed E-state index contributed by atoms with van der Waals surface area (Å²) in [6, 6.07) is 0. The summed E-state index contributed by atoms with van der Waals surface area (Å²) in [5.41, 5.74) is 1.06. The smallest absolute Gasteiger partial charge is 0.266 e. The van der Waals surface area contributed by atoms with E-state index in [0.29, 0.717) is 10.8 Å². The fourth-order valence-electron chi connectivity index (χ4n) is 1.27. The summed E-state index contributed by atoms with van der Waals surface area (Å²) in [6.07, 6.45) is 2.74. The van der Waals surface area contributed by atoms with Crippen LogP contribution in [0.25, 0.3) is 0 Å². The second-order valence-electron chi connectivity index (χ2n) is 2.66. The minimum Gasteiger partial charge on any atom is -0.438 e. The Hall–Kier alpha value is -0.610. The number of aromatic nitrogens is 1. The quantitative estimate of drug-likeness (QED) is 0.655. The number of H-pyrrole nitrogens is 1. The first-order valence-electron chi connectivity index (χ1n) is 3.62. The Kier molecular flexibility index (Phi) is 1.79. The average molecular weight is 171 g/mol. The zero-order valence-corrected chi connectivity index (χ0v) is 6.82. The van der Waals surface area contributed by atoms with Crippen molar-refractivity contribution in [3.8, 4) is 0 Å². The predicted octanol–water partition coefficient (Wildman–Crippen LogP) is 1.84. The molecule has 1 aliphatic rings. The van der Waals surface area contributed by atoms with E-state index in [1.807, 2.05) is 0 Å². The number of oxazole rings is 1. The summed E-state index contributed by atoms with van der Waals surface area (Å²) in [6.45, 7) is 1.63. The van der Waals surface area contributed by atoms with E-state index < -0.39 is 0 Å². The molecular weight excluding hydrogens is 162 g/mol. The van der Waals surface area contributed by atoms with Crippen molar-refractivity contribution in [1.29, 1.82) is 0 Å². The first-order chi connectivity index (χ1) is 5.36. The highest BCUT2D eigenvalue weighted by Crippen LogP contribution is 2.23. The number of rotatable bonds is 1.